The molecule has 0 nitrogen and oxygen atoms in total. The Hall–Kier alpha value is 0.01000. The standard InChI is InChI=1S/C12H16S3/c13-6-3-10-1-2-11(4-7-14)12(9-10)5-8-15/h1-5,13-15H,6-9H2. The second-order valence-electron chi connectivity index (χ2n) is 3.23. The summed E-state index contributed by atoms with van der Waals surface area (Å²) in [6, 6.07) is 0. The molecule has 0 N–H and O–H groups in total. The van der Waals surface area contributed by atoms with Crippen LogP contribution in [0.4, 0.5) is 0 Å². The van der Waals surface area contributed by atoms with Crippen molar-refractivity contribution in [1.29, 1.82) is 0 Å². The number of rotatable bonds is 3. The van der Waals surface area contributed by atoms with Crippen LogP contribution in [0.25, 0.3) is 0 Å². The summed E-state index contributed by atoms with van der Waals surface area (Å²) in [7, 11) is 0. The van der Waals surface area contributed by atoms with Crippen molar-refractivity contribution < 1.29 is 0 Å². The lowest BCUT2D eigenvalue weighted by Crippen LogP contribution is -1.97. The van der Waals surface area contributed by atoms with Crippen LogP contribution in [-0.4, -0.2) is 17.3 Å². The Balaban J connectivity index is 2.93. The normalized spacial score (nSPS) is 24.3. The first-order valence-electron chi connectivity index (χ1n) is 4.91. The van der Waals surface area contributed by atoms with Crippen molar-refractivity contribution in [2.45, 2.75) is 6.42 Å². The molecule has 0 amide bonds. The monoisotopic (exact) mass is 256 g/mol. The van der Waals surface area contributed by atoms with Crippen LogP contribution >= 0.6 is 37.9 Å². The Morgan fingerprint density at radius 2 is 1.60 bits per heavy atom. The number of thiol groups is 3. The molecule has 3 heteroatoms. The zero-order valence-electron chi connectivity index (χ0n) is 8.56. The average Bonchev–Trinajstić information content (AvgIpc) is 2.23. The molecule has 1 aliphatic rings. The largest absolute Gasteiger partial charge is 0.175 e. The summed E-state index contributed by atoms with van der Waals surface area (Å²) < 4.78 is 0. The highest BCUT2D eigenvalue weighted by atomic mass is 32.1. The summed E-state index contributed by atoms with van der Waals surface area (Å²) in [5.41, 5.74) is 3.94. The lowest BCUT2D eigenvalue weighted by Gasteiger charge is -2.15. The minimum absolute atomic E-state index is 0.773. The highest BCUT2D eigenvalue weighted by molar-refractivity contribution is 7.80. The summed E-state index contributed by atoms with van der Waals surface area (Å²) in [5.74, 6) is 2.34. The molecule has 1 rings (SSSR count). The van der Waals surface area contributed by atoms with E-state index in [0.717, 1.165) is 23.7 Å². The fraction of sp³-hybridized carbons (Fsp3) is 0.333. The summed E-state index contributed by atoms with van der Waals surface area (Å²) in [4.78, 5) is 0. The van der Waals surface area contributed by atoms with Gasteiger partial charge in [0.05, 0.1) is 0 Å². The molecular formula is C12H16S3. The first kappa shape index (κ1) is 13.1. The van der Waals surface area contributed by atoms with Gasteiger partial charge in [-0.1, -0.05) is 30.4 Å². The highest BCUT2D eigenvalue weighted by Gasteiger charge is 2.08. The maximum absolute atomic E-state index is 4.24. The molecular weight excluding hydrogens is 240 g/mol. The van der Waals surface area contributed by atoms with Gasteiger partial charge in [0.15, 0.2) is 0 Å². The third-order valence-corrected chi connectivity index (χ3v) is 2.79. The lowest BCUT2D eigenvalue weighted by atomic mass is 9.91. The first-order valence-corrected chi connectivity index (χ1v) is 6.80. The van der Waals surface area contributed by atoms with E-state index < -0.39 is 0 Å². The van der Waals surface area contributed by atoms with Gasteiger partial charge >= 0.3 is 0 Å². The topological polar surface area (TPSA) is 0 Å². The Labute approximate surface area is 108 Å². The van der Waals surface area contributed by atoms with Crippen LogP contribution < -0.4 is 0 Å². The van der Waals surface area contributed by atoms with Gasteiger partial charge in [0, 0.05) is 17.3 Å². The van der Waals surface area contributed by atoms with E-state index in [4.69, 9.17) is 0 Å². The molecule has 0 saturated carbocycles. The fourth-order valence-electron chi connectivity index (χ4n) is 1.54. The second-order valence-corrected chi connectivity index (χ2v) is 4.32. The second kappa shape index (κ2) is 7.31. The molecule has 0 aromatic carbocycles. The summed E-state index contributed by atoms with van der Waals surface area (Å²) in [5, 5.41) is 0. The van der Waals surface area contributed by atoms with Crippen molar-refractivity contribution in [3.05, 3.63) is 47.1 Å². The Bertz CT molecular complexity index is 322. The molecule has 0 atom stereocenters. The van der Waals surface area contributed by atoms with Crippen LogP contribution in [0, 0.1) is 0 Å². The van der Waals surface area contributed by atoms with Gasteiger partial charge in [0.1, 0.15) is 0 Å². The fourth-order valence-corrected chi connectivity index (χ4v) is 2.19. The maximum atomic E-state index is 4.24. The number of allylic oxidation sites excluding steroid dienone is 5. The summed E-state index contributed by atoms with van der Waals surface area (Å²) in [6.45, 7) is 0. The highest BCUT2D eigenvalue weighted by Crippen LogP contribution is 2.27. The van der Waals surface area contributed by atoms with Gasteiger partial charge in [-0.3, -0.25) is 0 Å². The number of hydrogen-bond donors (Lipinski definition) is 3. The van der Waals surface area contributed by atoms with Crippen LogP contribution in [0.5, 0.6) is 0 Å². The number of hydrogen-bond acceptors (Lipinski definition) is 3. The van der Waals surface area contributed by atoms with Crippen molar-refractivity contribution in [3.63, 3.8) is 0 Å². The molecule has 0 unspecified atom stereocenters. The van der Waals surface area contributed by atoms with Gasteiger partial charge in [0.2, 0.25) is 0 Å². The molecule has 0 aliphatic heterocycles. The lowest BCUT2D eigenvalue weighted by molar-refractivity contribution is 1.13. The zero-order chi connectivity index (χ0) is 11.1. The van der Waals surface area contributed by atoms with E-state index in [1.165, 1.54) is 16.7 Å². The quantitative estimate of drug-likeness (QED) is 0.632. The van der Waals surface area contributed by atoms with Crippen LogP contribution in [0.2, 0.25) is 0 Å². The van der Waals surface area contributed by atoms with E-state index in [0.29, 0.717) is 0 Å². The molecule has 0 bridgehead atoms. The van der Waals surface area contributed by atoms with E-state index in [9.17, 15) is 0 Å². The minimum Gasteiger partial charge on any atom is -0.175 e. The molecule has 1 aliphatic carbocycles. The molecule has 82 valence electrons. The van der Waals surface area contributed by atoms with Gasteiger partial charge < -0.3 is 0 Å². The predicted octanol–water partition coefficient (Wildman–Crippen LogP) is 3.51. The van der Waals surface area contributed by atoms with Crippen molar-refractivity contribution in [2.24, 2.45) is 0 Å². The van der Waals surface area contributed by atoms with Crippen molar-refractivity contribution in [3.8, 4) is 0 Å². The summed E-state index contributed by atoms with van der Waals surface area (Å²) >= 11 is 12.7. The smallest absolute Gasteiger partial charge is 0.00916 e. The Morgan fingerprint density at radius 3 is 2.20 bits per heavy atom. The van der Waals surface area contributed by atoms with E-state index >= 15 is 0 Å². The van der Waals surface area contributed by atoms with E-state index in [1.54, 1.807) is 0 Å². The van der Waals surface area contributed by atoms with Crippen molar-refractivity contribution >= 4 is 37.9 Å². The van der Waals surface area contributed by atoms with Crippen LogP contribution in [0.1, 0.15) is 6.42 Å². The van der Waals surface area contributed by atoms with Gasteiger partial charge in [-0.15, -0.1) is 0 Å². The van der Waals surface area contributed by atoms with Gasteiger partial charge in [-0.2, -0.15) is 37.9 Å². The Kier molecular flexibility index (Phi) is 6.37. The third-order valence-electron chi connectivity index (χ3n) is 2.24. The summed E-state index contributed by atoms with van der Waals surface area (Å²) in [6.07, 6.45) is 11.7. The zero-order valence-corrected chi connectivity index (χ0v) is 11.2. The van der Waals surface area contributed by atoms with E-state index in [-0.39, 0.29) is 0 Å². The predicted molar refractivity (Wildman–Crippen MR) is 79.6 cm³/mol. The molecule has 0 saturated heterocycles. The first-order chi connectivity index (χ1) is 7.31. The van der Waals surface area contributed by atoms with Gasteiger partial charge in [-0.25, -0.2) is 0 Å². The molecule has 0 aromatic heterocycles. The van der Waals surface area contributed by atoms with E-state index in [2.05, 4.69) is 68.3 Å². The average molecular weight is 256 g/mol. The molecule has 0 heterocycles. The van der Waals surface area contributed by atoms with Crippen molar-refractivity contribution in [2.75, 3.05) is 17.3 Å². The SMILES string of the molecule is SCC=C1C=CC(=CCS)C(=CCS)C1. The molecule has 0 fully saturated rings. The molecule has 0 spiro atoms. The minimum atomic E-state index is 0.773. The van der Waals surface area contributed by atoms with Crippen LogP contribution in [-0.2, 0) is 0 Å². The van der Waals surface area contributed by atoms with Crippen LogP contribution in [0.15, 0.2) is 47.1 Å². The van der Waals surface area contributed by atoms with Gasteiger partial charge in [0.25, 0.3) is 0 Å². The van der Waals surface area contributed by atoms with Crippen molar-refractivity contribution in [1.82, 2.24) is 0 Å². The van der Waals surface area contributed by atoms with Crippen LogP contribution in [0.3, 0.4) is 0 Å². The molecule has 0 radical (unpaired) electrons. The molecule has 0 aromatic rings. The maximum Gasteiger partial charge on any atom is 0.00916 e. The molecule has 15 heavy (non-hydrogen) atoms. The Morgan fingerprint density at radius 1 is 0.933 bits per heavy atom. The third kappa shape index (κ3) is 4.17. The van der Waals surface area contributed by atoms with E-state index in [1.807, 2.05) is 0 Å². The van der Waals surface area contributed by atoms with Gasteiger partial charge in [-0.05, 0) is 23.1 Å².